The van der Waals surface area contributed by atoms with Crippen LogP contribution in [0.4, 0.5) is 10.5 Å². The number of ether oxygens (including phenoxy) is 1. The highest BCUT2D eigenvalue weighted by Gasteiger charge is 2.36. The lowest BCUT2D eigenvalue weighted by Crippen LogP contribution is -2.36. The number of anilines is 1. The third-order valence-electron chi connectivity index (χ3n) is 4.92. The molecule has 4 rings (SSSR count). The minimum atomic E-state index is -0.516. The average molecular weight is 763 g/mol. The monoisotopic (exact) mass is 760 g/mol. The topological polar surface area (TPSA) is 75.7 Å². The van der Waals surface area contributed by atoms with Gasteiger partial charge in [0.05, 0.1) is 13.9 Å². The van der Waals surface area contributed by atoms with Crippen LogP contribution in [0.25, 0.3) is 6.08 Å². The summed E-state index contributed by atoms with van der Waals surface area (Å²) in [6, 6.07) is 18.2. The van der Waals surface area contributed by atoms with Crippen LogP contribution in [0.3, 0.4) is 0 Å². The van der Waals surface area contributed by atoms with Crippen LogP contribution < -0.4 is 10.1 Å². The summed E-state index contributed by atoms with van der Waals surface area (Å²) in [7, 11) is 0. The molecule has 0 bridgehead atoms. The van der Waals surface area contributed by atoms with E-state index in [2.05, 4.69) is 59.8 Å². The van der Waals surface area contributed by atoms with Crippen molar-refractivity contribution >= 4 is 107 Å². The standard InChI is InChI=1S/C25H16Br2ClIN2O4S/c26-19-9-15(10-20(27)23(19)35-13-14-1-3-16(28)4-2-14)11-21-24(33)31(25(34)36-21)12-22(32)30-18-7-5-17(29)6-8-18/h1-11H,12-13H2,(H,30,32)/b21-11+. The number of hydrogen-bond acceptors (Lipinski definition) is 5. The molecule has 3 amide bonds. The van der Waals surface area contributed by atoms with Gasteiger partial charge in [0.15, 0.2) is 0 Å². The van der Waals surface area contributed by atoms with Gasteiger partial charge in [-0.3, -0.25) is 19.3 Å². The van der Waals surface area contributed by atoms with Crippen molar-refractivity contribution in [1.82, 2.24) is 4.90 Å². The van der Waals surface area contributed by atoms with Crippen LogP contribution >= 0.6 is 77.8 Å². The summed E-state index contributed by atoms with van der Waals surface area (Å²) in [5, 5.41) is 2.86. The molecule has 1 aliphatic rings. The third-order valence-corrected chi connectivity index (χ3v) is 7.97. The lowest BCUT2D eigenvalue weighted by Gasteiger charge is -2.13. The number of amides is 3. The van der Waals surface area contributed by atoms with E-state index in [-0.39, 0.29) is 11.4 Å². The van der Waals surface area contributed by atoms with Gasteiger partial charge in [-0.25, -0.2) is 0 Å². The summed E-state index contributed by atoms with van der Waals surface area (Å²) in [5.74, 6) is -0.368. The number of carbonyl (C=O) groups excluding carboxylic acids is 3. The summed E-state index contributed by atoms with van der Waals surface area (Å²) in [5.41, 5.74) is 2.24. The normalized spacial score (nSPS) is 14.4. The minimum absolute atomic E-state index is 0.232. The molecule has 184 valence electrons. The van der Waals surface area contributed by atoms with E-state index in [1.165, 1.54) is 0 Å². The molecule has 6 nitrogen and oxygen atoms in total. The minimum Gasteiger partial charge on any atom is -0.487 e. The fourth-order valence-electron chi connectivity index (χ4n) is 3.20. The van der Waals surface area contributed by atoms with Crippen LogP contribution in [-0.2, 0) is 16.2 Å². The Kier molecular flexibility index (Phi) is 9.15. The molecule has 0 saturated carbocycles. The van der Waals surface area contributed by atoms with Crippen molar-refractivity contribution in [3.63, 3.8) is 0 Å². The van der Waals surface area contributed by atoms with Crippen LogP contribution in [0.15, 0.2) is 74.5 Å². The lowest BCUT2D eigenvalue weighted by molar-refractivity contribution is -0.127. The summed E-state index contributed by atoms with van der Waals surface area (Å²) in [6.07, 6.45) is 1.61. The van der Waals surface area contributed by atoms with Crippen molar-refractivity contribution in [3.8, 4) is 5.75 Å². The second-order valence-electron chi connectivity index (χ2n) is 7.55. The number of nitrogens with one attached hydrogen (secondary N) is 1. The molecule has 11 heteroatoms. The smallest absolute Gasteiger partial charge is 0.294 e. The molecule has 0 aromatic heterocycles. The Morgan fingerprint density at radius 3 is 2.33 bits per heavy atom. The zero-order valence-corrected chi connectivity index (χ0v) is 25.2. The Morgan fingerprint density at radius 1 is 1.06 bits per heavy atom. The lowest BCUT2D eigenvalue weighted by atomic mass is 10.2. The number of halogens is 4. The highest BCUT2D eigenvalue weighted by molar-refractivity contribution is 14.1. The predicted octanol–water partition coefficient (Wildman–Crippen LogP) is 7.72. The van der Waals surface area contributed by atoms with Crippen LogP contribution in [0.1, 0.15) is 11.1 Å². The van der Waals surface area contributed by atoms with E-state index in [9.17, 15) is 14.4 Å². The molecule has 1 saturated heterocycles. The first-order valence-corrected chi connectivity index (χ1v) is 14.2. The molecular weight excluding hydrogens is 747 g/mol. The molecular formula is C25H16Br2ClIN2O4S. The van der Waals surface area contributed by atoms with Gasteiger partial charge in [-0.2, -0.15) is 0 Å². The van der Waals surface area contributed by atoms with E-state index in [4.69, 9.17) is 16.3 Å². The first-order chi connectivity index (χ1) is 17.2. The first-order valence-electron chi connectivity index (χ1n) is 10.4. The van der Waals surface area contributed by atoms with Crippen molar-refractivity contribution in [2.75, 3.05) is 11.9 Å². The van der Waals surface area contributed by atoms with Gasteiger partial charge in [-0.15, -0.1) is 0 Å². The van der Waals surface area contributed by atoms with E-state index in [1.807, 2.05) is 24.3 Å². The van der Waals surface area contributed by atoms with Gasteiger partial charge < -0.3 is 10.1 Å². The molecule has 1 N–H and O–H groups in total. The Balaban J connectivity index is 1.43. The number of thioether (sulfide) groups is 1. The van der Waals surface area contributed by atoms with Crippen molar-refractivity contribution in [1.29, 1.82) is 0 Å². The van der Waals surface area contributed by atoms with Crippen LogP contribution in [0.2, 0.25) is 5.02 Å². The van der Waals surface area contributed by atoms with E-state index < -0.39 is 17.1 Å². The highest BCUT2D eigenvalue weighted by Crippen LogP contribution is 2.38. The van der Waals surface area contributed by atoms with Gasteiger partial charge in [0.2, 0.25) is 5.91 Å². The Bertz CT molecular complexity index is 1340. The number of hydrogen-bond donors (Lipinski definition) is 1. The van der Waals surface area contributed by atoms with Gasteiger partial charge >= 0.3 is 0 Å². The van der Waals surface area contributed by atoms with Crippen LogP contribution in [0, 0.1) is 3.57 Å². The molecule has 1 aliphatic heterocycles. The quantitative estimate of drug-likeness (QED) is 0.197. The molecule has 1 fully saturated rings. The van der Waals surface area contributed by atoms with E-state index in [0.717, 1.165) is 25.8 Å². The van der Waals surface area contributed by atoms with Gasteiger partial charge in [0.1, 0.15) is 18.9 Å². The Labute approximate surface area is 247 Å². The molecule has 3 aromatic carbocycles. The van der Waals surface area contributed by atoms with Crippen LogP contribution in [0.5, 0.6) is 5.75 Å². The first kappa shape index (κ1) is 27.2. The van der Waals surface area contributed by atoms with Crippen molar-refractivity contribution < 1.29 is 19.1 Å². The maximum Gasteiger partial charge on any atom is 0.294 e. The fourth-order valence-corrected chi connectivity index (χ4v) is 5.98. The molecule has 36 heavy (non-hydrogen) atoms. The molecule has 0 unspecified atom stereocenters. The van der Waals surface area contributed by atoms with Gasteiger partial charge in [0.25, 0.3) is 11.1 Å². The molecule has 0 aliphatic carbocycles. The zero-order chi connectivity index (χ0) is 25.8. The Hall–Kier alpha value is -1.86. The van der Waals surface area contributed by atoms with Crippen molar-refractivity contribution in [2.24, 2.45) is 0 Å². The van der Waals surface area contributed by atoms with E-state index in [0.29, 0.717) is 37.6 Å². The van der Waals surface area contributed by atoms with E-state index in [1.54, 1.807) is 42.5 Å². The number of benzene rings is 3. The average Bonchev–Trinajstić information content (AvgIpc) is 3.08. The van der Waals surface area contributed by atoms with Crippen LogP contribution in [-0.4, -0.2) is 28.5 Å². The maximum atomic E-state index is 12.9. The number of rotatable bonds is 7. The predicted molar refractivity (Wildman–Crippen MR) is 158 cm³/mol. The number of imide groups is 1. The largest absolute Gasteiger partial charge is 0.487 e. The summed E-state index contributed by atoms with van der Waals surface area (Å²) < 4.78 is 8.31. The maximum absolute atomic E-state index is 12.9. The van der Waals surface area contributed by atoms with Crippen molar-refractivity contribution in [2.45, 2.75) is 6.61 Å². The highest BCUT2D eigenvalue weighted by atomic mass is 127. The van der Waals surface area contributed by atoms with Gasteiger partial charge in [0, 0.05) is 14.3 Å². The zero-order valence-electron chi connectivity index (χ0n) is 18.3. The second kappa shape index (κ2) is 12.1. The fraction of sp³-hybridized carbons (Fsp3) is 0.0800. The molecule has 3 aromatic rings. The third kappa shape index (κ3) is 6.91. The number of nitrogens with zero attached hydrogens (tertiary/aromatic N) is 1. The van der Waals surface area contributed by atoms with Gasteiger partial charge in [-0.05, 0) is 132 Å². The summed E-state index contributed by atoms with van der Waals surface area (Å²) >= 11 is 15.9. The molecule has 0 spiro atoms. The van der Waals surface area contributed by atoms with Crippen molar-refractivity contribution in [3.05, 3.63) is 94.2 Å². The number of carbonyl (C=O) groups is 3. The van der Waals surface area contributed by atoms with Gasteiger partial charge in [-0.1, -0.05) is 23.7 Å². The summed E-state index contributed by atoms with van der Waals surface area (Å²) in [4.78, 5) is 38.9. The molecule has 0 radical (unpaired) electrons. The Morgan fingerprint density at radius 2 is 1.69 bits per heavy atom. The summed E-state index contributed by atoms with van der Waals surface area (Å²) in [6.45, 7) is -0.0181. The SMILES string of the molecule is O=C(CN1C(=O)S/C(=C/c2cc(Br)c(OCc3ccc(Cl)cc3)c(Br)c2)C1=O)Nc1ccc(I)cc1. The van der Waals surface area contributed by atoms with E-state index >= 15 is 0 Å². The second-order valence-corrected chi connectivity index (χ2v) is 11.9. The molecule has 1 heterocycles. The molecule has 0 atom stereocenters.